The Morgan fingerprint density at radius 2 is 1.63 bits per heavy atom. The van der Waals surface area contributed by atoms with E-state index in [9.17, 15) is 14.4 Å². The van der Waals surface area contributed by atoms with Gasteiger partial charge in [-0.3, -0.25) is 23.6 Å². The molecule has 3 aromatic rings. The molecule has 8 nitrogen and oxygen atoms in total. The van der Waals surface area contributed by atoms with E-state index in [-0.39, 0.29) is 17.0 Å². The monoisotopic (exact) mass is 540 g/mol. The van der Waals surface area contributed by atoms with E-state index in [1.165, 1.54) is 17.7 Å². The summed E-state index contributed by atoms with van der Waals surface area (Å²) in [6.07, 6.45) is 0.825. The maximum Gasteiger partial charge on any atom is 0.332 e. The van der Waals surface area contributed by atoms with Crippen LogP contribution in [0.5, 0.6) is 5.75 Å². The molecule has 4 rings (SSSR count). The van der Waals surface area contributed by atoms with Crippen LogP contribution in [0, 0.1) is 0 Å². The molecule has 1 aromatic heterocycles. The summed E-state index contributed by atoms with van der Waals surface area (Å²) in [7, 11) is 3.18. The quantitative estimate of drug-likeness (QED) is 0.323. The molecule has 2 heterocycles. The largest absolute Gasteiger partial charge is 0.493 e. The van der Waals surface area contributed by atoms with Crippen molar-refractivity contribution in [2.45, 2.75) is 6.42 Å². The molecular weight excluding hydrogens is 512 g/mol. The molecule has 1 fully saturated rings. The van der Waals surface area contributed by atoms with E-state index in [0.717, 1.165) is 48.2 Å². The second-order valence-electron chi connectivity index (χ2n) is 8.60. The number of rotatable bonds is 8. The van der Waals surface area contributed by atoms with E-state index in [1.807, 2.05) is 30.3 Å². The molecule has 1 aliphatic rings. The van der Waals surface area contributed by atoms with Gasteiger partial charge < -0.3 is 9.64 Å². The summed E-state index contributed by atoms with van der Waals surface area (Å²) in [4.78, 5) is 41.6. The molecule has 9 heteroatoms. The van der Waals surface area contributed by atoms with E-state index in [1.54, 1.807) is 25.2 Å². The number of carbonyl (C=O) groups is 1. The number of halogens is 1. The second-order valence-corrected chi connectivity index (χ2v) is 9.52. The van der Waals surface area contributed by atoms with E-state index in [0.29, 0.717) is 29.3 Å². The van der Waals surface area contributed by atoms with Crippen molar-refractivity contribution in [3.8, 4) is 5.75 Å². The highest BCUT2D eigenvalue weighted by molar-refractivity contribution is 9.10. The summed E-state index contributed by atoms with van der Waals surface area (Å²) in [6, 6.07) is 16.2. The fourth-order valence-electron chi connectivity index (χ4n) is 4.23. The van der Waals surface area contributed by atoms with Gasteiger partial charge >= 0.3 is 5.69 Å². The molecule has 0 saturated carbocycles. The van der Waals surface area contributed by atoms with Crippen molar-refractivity contribution in [2.75, 3.05) is 44.2 Å². The van der Waals surface area contributed by atoms with Gasteiger partial charge in [-0.05, 0) is 42.8 Å². The number of nitrogens with zero attached hydrogens (tertiary/aromatic N) is 4. The summed E-state index contributed by atoms with van der Waals surface area (Å²) in [5.41, 5.74) is 0.575. The molecule has 0 N–H and O–H groups in total. The minimum Gasteiger partial charge on any atom is -0.493 e. The van der Waals surface area contributed by atoms with Crippen molar-refractivity contribution in [1.29, 1.82) is 0 Å². The number of carbonyl (C=O) groups excluding carboxylic acids is 1. The van der Waals surface area contributed by atoms with Crippen LogP contribution in [0.25, 0.3) is 0 Å². The van der Waals surface area contributed by atoms with Crippen molar-refractivity contribution in [3.05, 3.63) is 91.0 Å². The van der Waals surface area contributed by atoms with Gasteiger partial charge in [0.25, 0.3) is 5.56 Å². The summed E-state index contributed by atoms with van der Waals surface area (Å²) < 4.78 is 9.56. The minimum absolute atomic E-state index is 0.0608. The number of aromatic nitrogens is 2. The van der Waals surface area contributed by atoms with Crippen LogP contribution in [-0.2, 0) is 14.1 Å². The van der Waals surface area contributed by atoms with Crippen LogP contribution >= 0.6 is 15.9 Å². The average Bonchev–Trinajstić information content (AvgIpc) is 2.88. The van der Waals surface area contributed by atoms with E-state index >= 15 is 0 Å². The van der Waals surface area contributed by atoms with Crippen LogP contribution in [0.3, 0.4) is 0 Å². The first-order valence-electron chi connectivity index (χ1n) is 11.6. The van der Waals surface area contributed by atoms with Crippen LogP contribution in [-0.4, -0.2) is 59.1 Å². The smallest absolute Gasteiger partial charge is 0.332 e. The number of hydrogen-bond donors (Lipinski definition) is 0. The molecule has 0 amide bonds. The summed E-state index contributed by atoms with van der Waals surface area (Å²) in [5.74, 6) is 1.19. The van der Waals surface area contributed by atoms with Gasteiger partial charge in [0.15, 0.2) is 5.78 Å². The van der Waals surface area contributed by atoms with E-state index < -0.39 is 0 Å². The first kappa shape index (κ1) is 24.9. The molecule has 0 radical (unpaired) electrons. The average molecular weight is 541 g/mol. The Hall–Kier alpha value is -3.17. The van der Waals surface area contributed by atoms with Crippen molar-refractivity contribution in [3.63, 3.8) is 0 Å². The maximum absolute atomic E-state index is 12.9. The first-order chi connectivity index (χ1) is 16.8. The summed E-state index contributed by atoms with van der Waals surface area (Å²) >= 11 is 3.40. The Morgan fingerprint density at radius 1 is 0.943 bits per heavy atom. The lowest BCUT2D eigenvalue weighted by Crippen LogP contribution is -2.49. The van der Waals surface area contributed by atoms with Gasteiger partial charge in [-0.15, -0.1) is 0 Å². The molecule has 1 saturated heterocycles. The van der Waals surface area contributed by atoms with Gasteiger partial charge in [-0.2, -0.15) is 0 Å². The van der Waals surface area contributed by atoms with Crippen molar-refractivity contribution < 1.29 is 9.53 Å². The number of piperazine rings is 1. The normalized spacial score (nSPS) is 14.2. The number of hydrogen-bond acceptors (Lipinski definition) is 6. The van der Waals surface area contributed by atoms with Crippen molar-refractivity contribution in [2.24, 2.45) is 14.1 Å². The number of ketones is 1. The van der Waals surface area contributed by atoms with Crippen LogP contribution in [0.15, 0.2) is 68.7 Å². The van der Waals surface area contributed by atoms with E-state index in [2.05, 4.69) is 25.7 Å². The molecule has 1 aliphatic heterocycles. The van der Waals surface area contributed by atoms with Crippen molar-refractivity contribution in [1.82, 2.24) is 14.0 Å². The van der Waals surface area contributed by atoms with Gasteiger partial charge in [0, 0.05) is 62.9 Å². The molecule has 0 bridgehead atoms. The zero-order valence-corrected chi connectivity index (χ0v) is 21.5. The molecule has 0 unspecified atom stereocenters. The van der Waals surface area contributed by atoms with Crippen LogP contribution in [0.2, 0.25) is 0 Å². The van der Waals surface area contributed by atoms with Crippen molar-refractivity contribution >= 4 is 27.5 Å². The Kier molecular flexibility index (Phi) is 7.87. The van der Waals surface area contributed by atoms with Crippen LogP contribution in [0.1, 0.15) is 22.3 Å². The topological polar surface area (TPSA) is 76.8 Å². The summed E-state index contributed by atoms with van der Waals surface area (Å²) in [6.45, 7) is 4.53. The van der Waals surface area contributed by atoms with Crippen LogP contribution < -0.4 is 20.9 Å². The Labute approximate surface area is 212 Å². The number of para-hydroxylation sites is 1. The van der Waals surface area contributed by atoms with Gasteiger partial charge in [-0.25, -0.2) is 4.79 Å². The number of ether oxygens (including phenoxy) is 1. The predicted octanol–water partition coefficient (Wildman–Crippen LogP) is 2.67. The Balaban J connectivity index is 1.28. The van der Waals surface area contributed by atoms with E-state index in [4.69, 9.17) is 4.74 Å². The fourth-order valence-corrected chi connectivity index (χ4v) is 4.50. The zero-order chi connectivity index (χ0) is 24.9. The van der Waals surface area contributed by atoms with Gasteiger partial charge in [0.2, 0.25) is 0 Å². The number of anilines is 1. The molecule has 2 aromatic carbocycles. The Morgan fingerprint density at radius 3 is 2.34 bits per heavy atom. The molecule has 0 spiro atoms. The molecule has 184 valence electrons. The summed E-state index contributed by atoms with van der Waals surface area (Å²) in [5, 5.41) is 0. The lowest BCUT2D eigenvalue weighted by atomic mass is 10.0. The highest BCUT2D eigenvalue weighted by Crippen LogP contribution is 2.23. The third-order valence-electron chi connectivity index (χ3n) is 6.31. The molecule has 0 aliphatic carbocycles. The zero-order valence-electron chi connectivity index (χ0n) is 19.9. The maximum atomic E-state index is 12.9. The lowest BCUT2D eigenvalue weighted by molar-refractivity contribution is 0.103. The minimum atomic E-state index is -0.314. The van der Waals surface area contributed by atoms with Gasteiger partial charge in [-0.1, -0.05) is 28.1 Å². The molecule has 0 atom stereocenters. The van der Waals surface area contributed by atoms with Gasteiger partial charge in [0.1, 0.15) is 11.6 Å². The second kappa shape index (κ2) is 11.0. The third-order valence-corrected chi connectivity index (χ3v) is 6.84. The van der Waals surface area contributed by atoms with Gasteiger partial charge in [0.05, 0.1) is 12.2 Å². The molecular formula is C26H29BrN4O4. The number of benzene rings is 2. The SMILES string of the molecule is Cn1c(N2CCN(CCCOc3ccccc3C(=O)c3ccc(Br)cc3)CC2)cc(=O)n(C)c1=O. The molecule has 35 heavy (non-hydrogen) atoms. The van der Waals surface area contributed by atoms with Crippen LogP contribution in [0.4, 0.5) is 5.82 Å². The highest BCUT2D eigenvalue weighted by atomic mass is 79.9. The Bertz CT molecular complexity index is 1310. The third kappa shape index (κ3) is 5.74. The fraction of sp³-hybridized carbons (Fsp3) is 0.346. The standard InChI is InChI=1S/C26H29BrN4O4/c1-28-23(18-24(32)29(2)26(28)34)31-15-13-30(14-16-31)12-5-17-35-22-7-4-3-6-21(22)25(33)19-8-10-20(27)11-9-19/h3-4,6-11,18H,5,12-17H2,1-2H3. The predicted molar refractivity (Wildman–Crippen MR) is 140 cm³/mol. The highest BCUT2D eigenvalue weighted by Gasteiger charge is 2.20. The lowest BCUT2D eigenvalue weighted by Gasteiger charge is -2.36. The first-order valence-corrected chi connectivity index (χ1v) is 12.4.